The first-order valence-corrected chi connectivity index (χ1v) is 6.55. The Bertz CT molecular complexity index is 574. The Morgan fingerprint density at radius 1 is 1.32 bits per heavy atom. The van der Waals surface area contributed by atoms with Crippen molar-refractivity contribution in [3.05, 3.63) is 64.2 Å². The monoisotopic (exact) mass is 279 g/mol. The van der Waals surface area contributed by atoms with Crippen LogP contribution in [0.3, 0.4) is 0 Å². The van der Waals surface area contributed by atoms with Gasteiger partial charge in [0.15, 0.2) is 0 Å². The average Bonchev–Trinajstić information content (AvgIpc) is 2.43. The SMILES string of the molecule is CCc1cnccc1C(O)Cc1cccc(Cl)c1F. The van der Waals surface area contributed by atoms with Crippen molar-refractivity contribution in [3.63, 3.8) is 0 Å². The molecule has 0 fully saturated rings. The number of hydrogen-bond donors (Lipinski definition) is 1. The number of halogens is 2. The molecule has 2 nitrogen and oxygen atoms in total. The minimum atomic E-state index is -0.758. The molecule has 2 aromatic rings. The van der Waals surface area contributed by atoms with E-state index in [0.717, 1.165) is 17.5 Å². The van der Waals surface area contributed by atoms with E-state index >= 15 is 0 Å². The van der Waals surface area contributed by atoms with Crippen LogP contribution in [0.4, 0.5) is 4.39 Å². The number of aryl methyl sites for hydroxylation is 1. The van der Waals surface area contributed by atoms with Crippen molar-refractivity contribution in [2.24, 2.45) is 0 Å². The minimum Gasteiger partial charge on any atom is -0.388 e. The molecular weight excluding hydrogens is 265 g/mol. The van der Waals surface area contributed by atoms with Crippen LogP contribution in [0.15, 0.2) is 36.7 Å². The third kappa shape index (κ3) is 3.11. The third-order valence-corrected chi connectivity index (χ3v) is 3.42. The topological polar surface area (TPSA) is 33.1 Å². The fourth-order valence-corrected chi connectivity index (χ4v) is 2.28. The average molecular weight is 280 g/mol. The Hall–Kier alpha value is -1.45. The molecule has 1 heterocycles. The number of pyridine rings is 1. The second-order valence-corrected chi connectivity index (χ2v) is 4.77. The molecule has 1 atom stereocenters. The van der Waals surface area contributed by atoms with Gasteiger partial charge in [0.25, 0.3) is 0 Å². The fraction of sp³-hybridized carbons (Fsp3) is 0.267. The molecule has 1 N–H and O–H groups in total. The lowest BCUT2D eigenvalue weighted by Crippen LogP contribution is -2.07. The predicted octanol–water partition coefficient (Wildman–Crippen LogP) is 3.71. The van der Waals surface area contributed by atoms with Crippen LogP contribution in [-0.2, 0) is 12.8 Å². The zero-order chi connectivity index (χ0) is 13.8. The highest BCUT2D eigenvalue weighted by atomic mass is 35.5. The van der Waals surface area contributed by atoms with E-state index in [4.69, 9.17) is 11.6 Å². The standard InChI is InChI=1S/C15H15ClFNO/c1-2-10-9-18-7-6-12(10)14(19)8-11-4-3-5-13(16)15(11)17/h3-7,9,14,19H,2,8H2,1H3. The molecule has 0 aliphatic heterocycles. The molecule has 100 valence electrons. The number of hydrogen-bond acceptors (Lipinski definition) is 2. The molecule has 0 amide bonds. The number of aromatic nitrogens is 1. The van der Waals surface area contributed by atoms with Gasteiger partial charge in [0.05, 0.1) is 11.1 Å². The van der Waals surface area contributed by atoms with Crippen LogP contribution >= 0.6 is 11.6 Å². The zero-order valence-electron chi connectivity index (χ0n) is 10.6. The molecule has 0 bridgehead atoms. The predicted molar refractivity (Wildman–Crippen MR) is 73.7 cm³/mol. The molecule has 1 unspecified atom stereocenters. The first kappa shape index (κ1) is 14.0. The maximum absolute atomic E-state index is 13.8. The first-order chi connectivity index (χ1) is 9.13. The highest BCUT2D eigenvalue weighted by Crippen LogP contribution is 2.25. The molecule has 19 heavy (non-hydrogen) atoms. The van der Waals surface area contributed by atoms with Crippen LogP contribution < -0.4 is 0 Å². The number of rotatable bonds is 4. The van der Waals surface area contributed by atoms with Crippen molar-refractivity contribution in [2.45, 2.75) is 25.9 Å². The van der Waals surface area contributed by atoms with Crippen LogP contribution in [0.25, 0.3) is 0 Å². The van der Waals surface area contributed by atoms with E-state index in [1.54, 1.807) is 30.6 Å². The van der Waals surface area contributed by atoms with Gasteiger partial charge in [0.2, 0.25) is 0 Å². The number of nitrogens with zero attached hydrogens (tertiary/aromatic N) is 1. The van der Waals surface area contributed by atoms with Gasteiger partial charge in [-0.2, -0.15) is 0 Å². The van der Waals surface area contributed by atoms with Crippen molar-refractivity contribution in [1.82, 2.24) is 4.98 Å². The normalized spacial score (nSPS) is 12.4. The maximum atomic E-state index is 13.8. The summed E-state index contributed by atoms with van der Waals surface area (Å²) in [4.78, 5) is 4.03. The van der Waals surface area contributed by atoms with Crippen molar-refractivity contribution in [1.29, 1.82) is 0 Å². The highest BCUT2D eigenvalue weighted by Gasteiger charge is 2.15. The van der Waals surface area contributed by atoms with E-state index in [2.05, 4.69) is 4.98 Å². The maximum Gasteiger partial charge on any atom is 0.145 e. The summed E-state index contributed by atoms with van der Waals surface area (Å²) in [5.41, 5.74) is 2.17. The minimum absolute atomic E-state index is 0.0788. The zero-order valence-corrected chi connectivity index (χ0v) is 11.4. The summed E-state index contributed by atoms with van der Waals surface area (Å²) in [6.45, 7) is 1.99. The van der Waals surface area contributed by atoms with E-state index in [0.29, 0.717) is 5.56 Å². The van der Waals surface area contributed by atoms with Crippen molar-refractivity contribution < 1.29 is 9.50 Å². The quantitative estimate of drug-likeness (QED) is 0.925. The molecular formula is C15H15ClFNO. The van der Waals surface area contributed by atoms with Crippen LogP contribution in [0.5, 0.6) is 0 Å². The largest absolute Gasteiger partial charge is 0.388 e. The molecule has 2 rings (SSSR count). The van der Waals surface area contributed by atoms with Crippen LogP contribution in [-0.4, -0.2) is 10.1 Å². The Balaban J connectivity index is 2.26. The van der Waals surface area contributed by atoms with Gasteiger partial charge in [-0.25, -0.2) is 4.39 Å². The third-order valence-electron chi connectivity index (χ3n) is 3.13. The molecule has 0 saturated carbocycles. The second kappa shape index (κ2) is 6.13. The Morgan fingerprint density at radius 2 is 2.11 bits per heavy atom. The molecule has 1 aromatic heterocycles. The Kier molecular flexibility index (Phi) is 4.51. The molecule has 1 aromatic carbocycles. The van der Waals surface area contributed by atoms with Crippen molar-refractivity contribution in [2.75, 3.05) is 0 Å². The summed E-state index contributed by atoms with van der Waals surface area (Å²) >= 11 is 5.74. The number of aliphatic hydroxyl groups excluding tert-OH is 1. The van der Waals surface area contributed by atoms with Gasteiger partial charge in [0.1, 0.15) is 5.82 Å². The summed E-state index contributed by atoms with van der Waals surface area (Å²) in [6.07, 6.45) is 3.58. The van der Waals surface area contributed by atoms with Gasteiger partial charge in [-0.3, -0.25) is 4.98 Å². The molecule has 4 heteroatoms. The van der Waals surface area contributed by atoms with Gasteiger partial charge < -0.3 is 5.11 Å². The van der Waals surface area contributed by atoms with E-state index in [9.17, 15) is 9.50 Å². The van der Waals surface area contributed by atoms with Gasteiger partial charge in [-0.15, -0.1) is 0 Å². The Morgan fingerprint density at radius 3 is 2.84 bits per heavy atom. The van der Waals surface area contributed by atoms with Gasteiger partial charge in [0, 0.05) is 18.8 Å². The summed E-state index contributed by atoms with van der Waals surface area (Å²) in [5, 5.41) is 10.3. The summed E-state index contributed by atoms with van der Waals surface area (Å²) in [7, 11) is 0. The van der Waals surface area contributed by atoms with Gasteiger partial charge >= 0.3 is 0 Å². The molecule has 0 aliphatic rings. The summed E-state index contributed by atoms with van der Waals surface area (Å²) in [6, 6.07) is 6.58. The van der Waals surface area contributed by atoms with Crippen LogP contribution in [0, 0.1) is 5.82 Å². The summed E-state index contributed by atoms with van der Waals surface area (Å²) in [5.74, 6) is -0.463. The summed E-state index contributed by atoms with van der Waals surface area (Å²) < 4.78 is 13.8. The smallest absolute Gasteiger partial charge is 0.145 e. The number of aliphatic hydroxyl groups is 1. The van der Waals surface area contributed by atoms with E-state index in [-0.39, 0.29) is 11.4 Å². The molecule has 0 aliphatic carbocycles. The fourth-order valence-electron chi connectivity index (χ4n) is 2.08. The molecule has 0 radical (unpaired) electrons. The second-order valence-electron chi connectivity index (χ2n) is 4.36. The van der Waals surface area contributed by atoms with E-state index in [1.165, 1.54) is 6.07 Å². The van der Waals surface area contributed by atoms with Crippen LogP contribution in [0.2, 0.25) is 5.02 Å². The highest BCUT2D eigenvalue weighted by molar-refractivity contribution is 6.30. The lowest BCUT2D eigenvalue weighted by atomic mass is 9.97. The van der Waals surface area contributed by atoms with E-state index < -0.39 is 11.9 Å². The first-order valence-electron chi connectivity index (χ1n) is 6.17. The van der Waals surface area contributed by atoms with Gasteiger partial charge in [-0.05, 0) is 35.2 Å². The van der Waals surface area contributed by atoms with Gasteiger partial charge in [-0.1, -0.05) is 30.7 Å². The molecule has 0 saturated heterocycles. The van der Waals surface area contributed by atoms with Crippen molar-refractivity contribution >= 4 is 11.6 Å². The number of benzene rings is 1. The Labute approximate surface area is 116 Å². The lowest BCUT2D eigenvalue weighted by Gasteiger charge is -2.15. The van der Waals surface area contributed by atoms with E-state index in [1.807, 2.05) is 6.92 Å². The van der Waals surface area contributed by atoms with Crippen molar-refractivity contribution in [3.8, 4) is 0 Å². The van der Waals surface area contributed by atoms with Crippen LogP contribution in [0.1, 0.15) is 29.7 Å². The molecule has 0 spiro atoms. The lowest BCUT2D eigenvalue weighted by molar-refractivity contribution is 0.176.